The predicted octanol–water partition coefficient (Wildman–Crippen LogP) is 2.45. The fraction of sp³-hybridized carbons (Fsp3) is 0.375. The van der Waals surface area contributed by atoms with Crippen molar-refractivity contribution in [3.05, 3.63) is 29.8 Å². The first-order chi connectivity index (χ1) is 10.1. The van der Waals surface area contributed by atoms with Gasteiger partial charge in [0.1, 0.15) is 6.54 Å². The van der Waals surface area contributed by atoms with E-state index in [1.807, 2.05) is 24.3 Å². The molecule has 0 unspecified atom stereocenters. The summed E-state index contributed by atoms with van der Waals surface area (Å²) in [4.78, 5) is 18.6. The fourth-order valence-corrected chi connectivity index (χ4v) is 2.06. The molecule has 0 aliphatic rings. The van der Waals surface area contributed by atoms with Gasteiger partial charge in [0.25, 0.3) is 0 Å². The number of nitrogens with one attached hydrogen (secondary N) is 2. The second-order valence-corrected chi connectivity index (χ2v) is 5.44. The molecule has 21 heavy (non-hydrogen) atoms. The van der Waals surface area contributed by atoms with Crippen LogP contribution in [0.5, 0.6) is 5.88 Å². The van der Waals surface area contributed by atoms with Crippen molar-refractivity contribution in [2.75, 3.05) is 13.1 Å². The van der Waals surface area contributed by atoms with Crippen molar-refractivity contribution in [2.45, 2.75) is 20.3 Å². The third-order valence-electron chi connectivity index (χ3n) is 3.22. The highest BCUT2D eigenvalue weighted by Crippen LogP contribution is 2.24. The van der Waals surface area contributed by atoms with Gasteiger partial charge in [-0.3, -0.25) is 9.79 Å². The smallest absolute Gasteiger partial charge is 0.241 e. The van der Waals surface area contributed by atoms with Crippen LogP contribution in [0, 0.1) is 5.92 Å². The van der Waals surface area contributed by atoms with Crippen LogP contribution in [-0.4, -0.2) is 35.3 Å². The summed E-state index contributed by atoms with van der Waals surface area (Å²) < 4.78 is 0. The molecule has 1 amide bonds. The van der Waals surface area contributed by atoms with Crippen LogP contribution >= 0.6 is 0 Å². The standard InChI is InChI=1S/C16H21N3O2/c1-11(2)7-8-18-15(20)10-17-9-13-12-5-3-4-6-14(12)19-16(13)21/h3-6,9,11,19,21H,7-8,10H2,1-2H3,(H,18,20). The Kier molecular flexibility index (Phi) is 4.98. The summed E-state index contributed by atoms with van der Waals surface area (Å²) >= 11 is 0. The molecule has 1 aromatic heterocycles. The molecule has 2 aromatic rings. The zero-order chi connectivity index (χ0) is 15.2. The highest BCUT2D eigenvalue weighted by Gasteiger charge is 2.07. The van der Waals surface area contributed by atoms with Crippen LogP contribution in [-0.2, 0) is 4.79 Å². The number of aromatic amines is 1. The lowest BCUT2D eigenvalue weighted by molar-refractivity contribution is -0.119. The van der Waals surface area contributed by atoms with Crippen molar-refractivity contribution in [1.82, 2.24) is 10.3 Å². The molecule has 0 aliphatic heterocycles. The second-order valence-electron chi connectivity index (χ2n) is 5.44. The Balaban J connectivity index is 1.94. The molecule has 0 bridgehead atoms. The molecule has 1 aromatic carbocycles. The minimum Gasteiger partial charge on any atom is -0.494 e. The average molecular weight is 287 g/mol. The van der Waals surface area contributed by atoms with Crippen LogP contribution in [0.2, 0.25) is 0 Å². The number of para-hydroxylation sites is 1. The van der Waals surface area contributed by atoms with Crippen molar-refractivity contribution in [3.8, 4) is 5.88 Å². The number of aromatic nitrogens is 1. The normalized spacial score (nSPS) is 11.6. The monoisotopic (exact) mass is 287 g/mol. The van der Waals surface area contributed by atoms with Crippen molar-refractivity contribution in [2.24, 2.45) is 10.9 Å². The van der Waals surface area contributed by atoms with Crippen LogP contribution in [0.1, 0.15) is 25.8 Å². The van der Waals surface area contributed by atoms with Gasteiger partial charge in [-0.05, 0) is 18.4 Å². The summed E-state index contributed by atoms with van der Waals surface area (Å²) in [6.07, 6.45) is 2.49. The number of fused-ring (bicyclic) bond motifs is 1. The van der Waals surface area contributed by atoms with E-state index in [2.05, 4.69) is 29.1 Å². The van der Waals surface area contributed by atoms with Gasteiger partial charge < -0.3 is 15.4 Å². The number of aliphatic imine (C=N–C) groups is 1. The number of nitrogens with zero attached hydrogens (tertiary/aromatic N) is 1. The van der Waals surface area contributed by atoms with Crippen LogP contribution < -0.4 is 5.32 Å². The van der Waals surface area contributed by atoms with Gasteiger partial charge in [0.15, 0.2) is 5.88 Å². The first kappa shape index (κ1) is 15.1. The predicted molar refractivity (Wildman–Crippen MR) is 84.9 cm³/mol. The Bertz CT molecular complexity index is 644. The molecule has 5 heteroatoms. The Morgan fingerprint density at radius 2 is 2.19 bits per heavy atom. The minimum absolute atomic E-state index is 0.0665. The van der Waals surface area contributed by atoms with Crippen LogP contribution in [0.15, 0.2) is 29.3 Å². The molecule has 5 nitrogen and oxygen atoms in total. The molecule has 0 radical (unpaired) electrons. The molecule has 1 heterocycles. The maximum atomic E-state index is 11.6. The maximum absolute atomic E-state index is 11.6. The summed E-state index contributed by atoms with van der Waals surface area (Å²) in [7, 11) is 0. The number of hydrogen-bond donors (Lipinski definition) is 3. The van der Waals surface area contributed by atoms with E-state index in [1.54, 1.807) is 0 Å². The number of benzene rings is 1. The van der Waals surface area contributed by atoms with Crippen molar-refractivity contribution < 1.29 is 9.90 Å². The van der Waals surface area contributed by atoms with E-state index in [0.717, 1.165) is 17.3 Å². The first-order valence-corrected chi connectivity index (χ1v) is 7.14. The van der Waals surface area contributed by atoms with Crippen molar-refractivity contribution in [1.29, 1.82) is 0 Å². The quantitative estimate of drug-likeness (QED) is 0.714. The van der Waals surface area contributed by atoms with E-state index in [0.29, 0.717) is 18.0 Å². The van der Waals surface area contributed by atoms with E-state index < -0.39 is 0 Å². The van der Waals surface area contributed by atoms with E-state index >= 15 is 0 Å². The molecule has 0 spiro atoms. The van der Waals surface area contributed by atoms with E-state index in [4.69, 9.17) is 0 Å². The number of carbonyl (C=O) groups is 1. The average Bonchev–Trinajstić information content (AvgIpc) is 2.75. The molecule has 0 aliphatic carbocycles. The number of aromatic hydroxyl groups is 1. The fourth-order valence-electron chi connectivity index (χ4n) is 2.06. The third-order valence-corrected chi connectivity index (χ3v) is 3.22. The molecule has 0 fully saturated rings. The number of carbonyl (C=O) groups excluding carboxylic acids is 1. The summed E-state index contributed by atoms with van der Waals surface area (Å²) in [6, 6.07) is 7.56. The largest absolute Gasteiger partial charge is 0.494 e. The van der Waals surface area contributed by atoms with Gasteiger partial charge in [0.2, 0.25) is 5.91 Å². The van der Waals surface area contributed by atoms with E-state index in [9.17, 15) is 9.90 Å². The van der Waals surface area contributed by atoms with Gasteiger partial charge in [-0.1, -0.05) is 32.0 Å². The molecule has 0 saturated carbocycles. The Hall–Kier alpha value is -2.30. The lowest BCUT2D eigenvalue weighted by atomic mass is 10.1. The Labute approximate surface area is 124 Å². The van der Waals surface area contributed by atoms with Gasteiger partial charge in [0, 0.05) is 23.7 Å². The second kappa shape index (κ2) is 6.92. The van der Waals surface area contributed by atoms with Gasteiger partial charge in [-0.25, -0.2) is 0 Å². The van der Waals surface area contributed by atoms with Crippen LogP contribution in [0.25, 0.3) is 10.9 Å². The van der Waals surface area contributed by atoms with E-state index in [1.165, 1.54) is 6.21 Å². The maximum Gasteiger partial charge on any atom is 0.241 e. The van der Waals surface area contributed by atoms with Gasteiger partial charge >= 0.3 is 0 Å². The van der Waals surface area contributed by atoms with Gasteiger partial charge in [0.05, 0.1) is 5.56 Å². The van der Waals surface area contributed by atoms with Crippen LogP contribution in [0.3, 0.4) is 0 Å². The molecule has 112 valence electrons. The van der Waals surface area contributed by atoms with E-state index in [-0.39, 0.29) is 18.3 Å². The SMILES string of the molecule is CC(C)CCNC(=O)CN=Cc1c(O)[nH]c2ccccc12. The highest BCUT2D eigenvalue weighted by molar-refractivity contribution is 6.02. The molecule has 3 N–H and O–H groups in total. The zero-order valence-corrected chi connectivity index (χ0v) is 12.4. The number of hydrogen-bond acceptors (Lipinski definition) is 3. The summed E-state index contributed by atoms with van der Waals surface area (Å²) in [5.41, 5.74) is 1.46. The molecule has 0 atom stereocenters. The minimum atomic E-state index is -0.105. The number of amides is 1. The van der Waals surface area contributed by atoms with Crippen LogP contribution in [0.4, 0.5) is 0 Å². The van der Waals surface area contributed by atoms with Crippen molar-refractivity contribution >= 4 is 23.0 Å². The van der Waals surface area contributed by atoms with Crippen molar-refractivity contribution in [3.63, 3.8) is 0 Å². The van der Waals surface area contributed by atoms with Gasteiger partial charge in [-0.15, -0.1) is 0 Å². The first-order valence-electron chi connectivity index (χ1n) is 7.14. The third kappa shape index (κ3) is 4.08. The Morgan fingerprint density at radius 3 is 2.95 bits per heavy atom. The zero-order valence-electron chi connectivity index (χ0n) is 12.4. The highest BCUT2D eigenvalue weighted by atomic mass is 16.3. The molecular weight excluding hydrogens is 266 g/mol. The molecular formula is C16H21N3O2. The summed E-state index contributed by atoms with van der Waals surface area (Å²) in [5, 5.41) is 13.6. The molecule has 0 saturated heterocycles. The van der Waals surface area contributed by atoms with Gasteiger partial charge in [-0.2, -0.15) is 0 Å². The molecule has 2 rings (SSSR count). The lowest BCUT2D eigenvalue weighted by Crippen LogP contribution is -2.27. The number of H-pyrrole nitrogens is 1. The summed E-state index contributed by atoms with van der Waals surface area (Å²) in [5.74, 6) is 0.531. The summed E-state index contributed by atoms with van der Waals surface area (Å²) in [6.45, 7) is 4.97. The Morgan fingerprint density at radius 1 is 1.43 bits per heavy atom. The lowest BCUT2D eigenvalue weighted by Gasteiger charge is -2.05. The number of rotatable bonds is 6. The topological polar surface area (TPSA) is 77.5 Å².